The lowest BCUT2D eigenvalue weighted by molar-refractivity contribution is -0.133. The van der Waals surface area contributed by atoms with E-state index in [2.05, 4.69) is 23.9 Å². The molecule has 1 heterocycles. The van der Waals surface area contributed by atoms with Crippen LogP contribution in [0, 0.1) is 5.92 Å². The molecule has 118 valence electrons. The number of nitrogens with zero attached hydrogens (tertiary/aromatic N) is 4. The Morgan fingerprint density at radius 1 is 1.36 bits per heavy atom. The fourth-order valence-electron chi connectivity index (χ4n) is 2.31. The maximum absolute atomic E-state index is 12.9. The molecule has 7 heteroatoms. The lowest BCUT2D eigenvalue weighted by atomic mass is 10.1. The van der Waals surface area contributed by atoms with Gasteiger partial charge in [0.25, 0.3) is 5.91 Å². The average Bonchev–Trinajstić information content (AvgIpc) is 2.94. The number of benzene rings is 1. The van der Waals surface area contributed by atoms with Crippen molar-refractivity contribution in [2.45, 2.75) is 19.9 Å². The summed E-state index contributed by atoms with van der Waals surface area (Å²) >= 11 is 12.2. The first-order valence-electron chi connectivity index (χ1n) is 6.94. The SMILES string of the molecule is CC(C)CN(C)C(=O)C(c1ccc(Cl)cc1Cl)n1cncn1. The van der Waals surface area contributed by atoms with Gasteiger partial charge in [-0.25, -0.2) is 9.67 Å². The fraction of sp³-hybridized carbons (Fsp3) is 0.400. The van der Waals surface area contributed by atoms with E-state index in [-0.39, 0.29) is 5.91 Å². The lowest BCUT2D eigenvalue weighted by Crippen LogP contribution is -2.37. The highest BCUT2D eigenvalue weighted by Gasteiger charge is 2.28. The maximum Gasteiger partial charge on any atom is 0.251 e. The highest BCUT2D eigenvalue weighted by molar-refractivity contribution is 6.35. The third-order valence-corrected chi connectivity index (χ3v) is 3.77. The molecule has 5 nitrogen and oxygen atoms in total. The molecule has 0 N–H and O–H groups in total. The number of halogens is 2. The van der Waals surface area contributed by atoms with E-state index in [1.165, 1.54) is 17.3 Å². The van der Waals surface area contributed by atoms with Crippen LogP contribution in [-0.2, 0) is 4.79 Å². The van der Waals surface area contributed by atoms with Crippen molar-refractivity contribution < 1.29 is 4.79 Å². The van der Waals surface area contributed by atoms with Crippen LogP contribution >= 0.6 is 23.2 Å². The van der Waals surface area contributed by atoms with Crippen LogP contribution in [0.2, 0.25) is 10.0 Å². The van der Waals surface area contributed by atoms with Crippen LogP contribution in [0.15, 0.2) is 30.9 Å². The molecule has 22 heavy (non-hydrogen) atoms. The molecule has 0 saturated carbocycles. The normalized spacial score (nSPS) is 12.5. The molecule has 0 spiro atoms. The minimum Gasteiger partial charge on any atom is -0.343 e. The molecule has 2 aromatic rings. The molecule has 1 unspecified atom stereocenters. The minimum atomic E-state index is -0.656. The zero-order chi connectivity index (χ0) is 16.3. The van der Waals surface area contributed by atoms with Crippen molar-refractivity contribution in [3.63, 3.8) is 0 Å². The summed E-state index contributed by atoms with van der Waals surface area (Å²) in [5.74, 6) is 0.273. The summed E-state index contributed by atoms with van der Waals surface area (Å²) < 4.78 is 1.51. The molecule has 0 aliphatic carbocycles. The average molecular weight is 341 g/mol. The summed E-state index contributed by atoms with van der Waals surface area (Å²) in [7, 11) is 1.77. The second kappa shape index (κ2) is 7.11. The van der Waals surface area contributed by atoms with Gasteiger partial charge in [0, 0.05) is 29.2 Å². The number of aromatic nitrogens is 3. The summed E-state index contributed by atoms with van der Waals surface area (Å²) in [5.41, 5.74) is 0.650. The van der Waals surface area contributed by atoms with Gasteiger partial charge in [-0.05, 0) is 18.1 Å². The van der Waals surface area contributed by atoms with Gasteiger partial charge in [-0.2, -0.15) is 5.10 Å². The molecule has 0 aliphatic heterocycles. The molecule has 1 atom stereocenters. The molecule has 1 aromatic heterocycles. The summed E-state index contributed by atoms with van der Waals surface area (Å²) in [6, 6.07) is 4.43. The van der Waals surface area contributed by atoms with Gasteiger partial charge in [0.1, 0.15) is 12.7 Å². The van der Waals surface area contributed by atoms with E-state index < -0.39 is 6.04 Å². The molecule has 1 aromatic carbocycles. The third kappa shape index (κ3) is 3.78. The summed E-state index contributed by atoms with van der Waals surface area (Å²) in [4.78, 5) is 18.5. The molecule has 0 saturated heterocycles. The highest BCUT2D eigenvalue weighted by Crippen LogP contribution is 2.29. The third-order valence-electron chi connectivity index (χ3n) is 3.21. The van der Waals surface area contributed by atoms with Crippen molar-refractivity contribution >= 4 is 29.1 Å². The molecule has 0 bridgehead atoms. The summed E-state index contributed by atoms with van der Waals surface area (Å²) in [5, 5.41) is 5.06. The van der Waals surface area contributed by atoms with Crippen LogP contribution in [0.5, 0.6) is 0 Å². The molecular weight excluding hydrogens is 323 g/mol. The van der Waals surface area contributed by atoms with Crippen molar-refractivity contribution in [3.8, 4) is 0 Å². The maximum atomic E-state index is 12.9. The van der Waals surface area contributed by atoms with Crippen molar-refractivity contribution in [2.24, 2.45) is 5.92 Å². The van der Waals surface area contributed by atoms with Gasteiger partial charge >= 0.3 is 0 Å². The predicted molar refractivity (Wildman–Crippen MR) is 87.1 cm³/mol. The van der Waals surface area contributed by atoms with Gasteiger partial charge in [-0.1, -0.05) is 43.1 Å². The second-order valence-corrected chi connectivity index (χ2v) is 6.40. The Morgan fingerprint density at radius 3 is 2.64 bits per heavy atom. The fourth-order valence-corrected chi connectivity index (χ4v) is 2.82. The van der Waals surface area contributed by atoms with E-state index in [1.807, 2.05) is 0 Å². The molecule has 1 amide bonds. The minimum absolute atomic E-state index is 0.0941. The number of hydrogen-bond acceptors (Lipinski definition) is 3. The van der Waals surface area contributed by atoms with E-state index in [9.17, 15) is 4.79 Å². The first-order chi connectivity index (χ1) is 10.4. The van der Waals surface area contributed by atoms with Gasteiger partial charge in [0.2, 0.25) is 0 Å². The van der Waals surface area contributed by atoms with Gasteiger partial charge < -0.3 is 4.90 Å². The number of likely N-dealkylation sites (N-methyl/N-ethyl adjacent to an activating group) is 1. The van der Waals surface area contributed by atoms with E-state index >= 15 is 0 Å². The molecule has 0 fully saturated rings. The van der Waals surface area contributed by atoms with Crippen molar-refractivity contribution in [1.29, 1.82) is 0 Å². The number of carbonyl (C=O) groups is 1. The standard InChI is InChI=1S/C15H18Cl2N4O/c1-10(2)7-20(3)15(22)14(21-9-18-8-19-21)12-5-4-11(16)6-13(12)17/h4-6,8-10,14H,7H2,1-3H3. The van der Waals surface area contributed by atoms with Crippen LogP contribution in [-0.4, -0.2) is 39.2 Å². The quantitative estimate of drug-likeness (QED) is 0.839. The number of hydrogen-bond donors (Lipinski definition) is 0. The van der Waals surface area contributed by atoms with Crippen LogP contribution in [0.4, 0.5) is 0 Å². The number of carbonyl (C=O) groups excluding carboxylic acids is 1. The van der Waals surface area contributed by atoms with Crippen LogP contribution in [0.25, 0.3) is 0 Å². The largest absolute Gasteiger partial charge is 0.343 e. The van der Waals surface area contributed by atoms with Gasteiger partial charge in [0.15, 0.2) is 6.04 Å². The zero-order valence-electron chi connectivity index (χ0n) is 12.7. The first-order valence-corrected chi connectivity index (χ1v) is 7.69. The topological polar surface area (TPSA) is 51.0 Å². The van der Waals surface area contributed by atoms with Crippen LogP contribution in [0.3, 0.4) is 0 Å². The van der Waals surface area contributed by atoms with E-state index in [4.69, 9.17) is 23.2 Å². The smallest absolute Gasteiger partial charge is 0.251 e. The van der Waals surface area contributed by atoms with Gasteiger partial charge in [0.05, 0.1) is 0 Å². The van der Waals surface area contributed by atoms with Gasteiger partial charge in [-0.15, -0.1) is 0 Å². The second-order valence-electron chi connectivity index (χ2n) is 5.56. The molecule has 2 rings (SSSR count). The number of rotatable bonds is 5. The van der Waals surface area contributed by atoms with Crippen LogP contribution < -0.4 is 0 Å². The molecule has 0 radical (unpaired) electrons. The Morgan fingerprint density at radius 2 is 2.09 bits per heavy atom. The Bertz CT molecular complexity index is 643. The van der Waals surface area contributed by atoms with E-state index in [0.717, 1.165) is 0 Å². The Hall–Kier alpha value is -1.59. The number of amides is 1. The summed E-state index contributed by atoms with van der Waals surface area (Å²) in [6.07, 6.45) is 2.91. The van der Waals surface area contributed by atoms with Crippen LogP contribution in [0.1, 0.15) is 25.5 Å². The predicted octanol–water partition coefficient (Wildman–Crippen LogP) is 3.29. The first kappa shape index (κ1) is 16.8. The van der Waals surface area contributed by atoms with Crippen molar-refractivity contribution in [1.82, 2.24) is 19.7 Å². The Labute approximate surface area is 139 Å². The zero-order valence-corrected chi connectivity index (χ0v) is 14.2. The van der Waals surface area contributed by atoms with E-state index in [0.29, 0.717) is 28.1 Å². The van der Waals surface area contributed by atoms with Gasteiger partial charge in [-0.3, -0.25) is 4.79 Å². The highest BCUT2D eigenvalue weighted by atomic mass is 35.5. The Kier molecular flexibility index (Phi) is 5.42. The van der Waals surface area contributed by atoms with Crippen molar-refractivity contribution in [2.75, 3.05) is 13.6 Å². The summed E-state index contributed by atoms with van der Waals surface area (Å²) in [6.45, 7) is 4.77. The monoisotopic (exact) mass is 340 g/mol. The van der Waals surface area contributed by atoms with E-state index in [1.54, 1.807) is 30.1 Å². The molecule has 0 aliphatic rings. The Balaban J connectivity index is 2.42. The molecular formula is C15H18Cl2N4O. The lowest BCUT2D eigenvalue weighted by Gasteiger charge is -2.26. The van der Waals surface area contributed by atoms with Crippen molar-refractivity contribution in [3.05, 3.63) is 46.5 Å².